The van der Waals surface area contributed by atoms with Crippen molar-refractivity contribution in [3.63, 3.8) is 0 Å². The number of nitrogens with one attached hydrogen (secondary N) is 1. The highest BCUT2D eigenvalue weighted by Gasteiger charge is 2.46. The Morgan fingerprint density at radius 2 is 1.97 bits per heavy atom. The number of aromatic nitrogens is 1. The van der Waals surface area contributed by atoms with Gasteiger partial charge in [-0.1, -0.05) is 25.1 Å². The largest absolute Gasteiger partial charge is 0.342 e. The number of fused-ring (bicyclic) bond motifs is 3. The maximum atomic E-state index is 13.3. The predicted molar refractivity (Wildman–Crippen MR) is 120 cm³/mol. The summed E-state index contributed by atoms with van der Waals surface area (Å²) in [5.74, 6) is 3.22. The zero-order valence-electron chi connectivity index (χ0n) is 18.1. The van der Waals surface area contributed by atoms with Crippen LogP contribution in [0.5, 0.6) is 0 Å². The van der Waals surface area contributed by atoms with Crippen LogP contribution in [-0.2, 0) is 4.79 Å². The van der Waals surface area contributed by atoms with Crippen molar-refractivity contribution >= 4 is 23.0 Å². The van der Waals surface area contributed by atoms with Gasteiger partial charge in [-0.15, -0.1) is 0 Å². The number of nitrogens with zero attached hydrogens (tertiary/aromatic N) is 3. The summed E-state index contributed by atoms with van der Waals surface area (Å²) in [6.45, 7) is 6.27. The molecule has 1 aliphatic carbocycles. The van der Waals surface area contributed by atoms with Gasteiger partial charge in [-0.25, -0.2) is 0 Å². The summed E-state index contributed by atoms with van der Waals surface area (Å²) >= 11 is 0. The van der Waals surface area contributed by atoms with Crippen molar-refractivity contribution in [2.75, 3.05) is 33.2 Å². The molecule has 4 atom stereocenters. The number of carbonyl (C=O) groups excluding carboxylic acids is 1. The predicted octanol–water partition coefficient (Wildman–Crippen LogP) is 3.77. The van der Waals surface area contributed by atoms with Crippen LogP contribution in [0.1, 0.15) is 43.2 Å². The van der Waals surface area contributed by atoms with Crippen molar-refractivity contribution < 1.29 is 4.79 Å². The van der Waals surface area contributed by atoms with Crippen LogP contribution in [0.4, 0.5) is 0 Å². The van der Waals surface area contributed by atoms with Crippen LogP contribution in [0.15, 0.2) is 30.5 Å². The van der Waals surface area contributed by atoms with E-state index in [0.717, 1.165) is 67.3 Å². The molecular formula is C25H32N4O. The Hall–Kier alpha value is -2.27. The molecule has 2 aromatic rings. The van der Waals surface area contributed by atoms with Gasteiger partial charge < -0.3 is 15.2 Å². The minimum atomic E-state index is 0.330. The number of benzene rings is 1. The van der Waals surface area contributed by atoms with Gasteiger partial charge in [0.2, 0.25) is 5.91 Å². The Morgan fingerprint density at radius 3 is 2.73 bits per heavy atom. The van der Waals surface area contributed by atoms with E-state index in [9.17, 15) is 4.79 Å². The Morgan fingerprint density at radius 1 is 1.17 bits per heavy atom. The first-order chi connectivity index (χ1) is 14.5. The fourth-order valence-corrected chi connectivity index (χ4v) is 6.36. The molecule has 3 aliphatic rings. The van der Waals surface area contributed by atoms with Crippen molar-refractivity contribution in [1.82, 2.24) is 14.8 Å². The van der Waals surface area contributed by atoms with Crippen molar-refractivity contribution in [3.8, 4) is 0 Å². The highest BCUT2D eigenvalue weighted by atomic mass is 16.2. The van der Waals surface area contributed by atoms with E-state index in [0.29, 0.717) is 23.7 Å². The van der Waals surface area contributed by atoms with Crippen molar-refractivity contribution in [2.24, 2.45) is 23.7 Å². The summed E-state index contributed by atoms with van der Waals surface area (Å²) in [5.41, 5.74) is 3.02. The SMILES string of the molecule is C[C@@H]1C[C@H](c2ccc(C=N)c3ncccc23)CN(C(=O)CC2C3CC2CN(C)C3)C1. The molecule has 1 N–H and O–H groups in total. The van der Waals surface area contributed by atoms with Crippen LogP contribution >= 0.6 is 0 Å². The van der Waals surface area contributed by atoms with E-state index >= 15 is 0 Å². The molecule has 1 amide bonds. The highest BCUT2D eigenvalue weighted by Crippen LogP contribution is 2.47. The zero-order chi connectivity index (χ0) is 20.8. The molecule has 158 valence electrons. The van der Waals surface area contributed by atoms with Crippen LogP contribution in [0, 0.1) is 29.1 Å². The smallest absolute Gasteiger partial charge is 0.222 e. The first kappa shape index (κ1) is 19.7. The minimum Gasteiger partial charge on any atom is -0.342 e. The van der Waals surface area contributed by atoms with Crippen molar-refractivity contribution in [3.05, 3.63) is 41.6 Å². The highest BCUT2D eigenvalue weighted by molar-refractivity contribution is 5.98. The molecule has 0 radical (unpaired) electrons. The second-order valence-corrected chi connectivity index (χ2v) is 9.97. The molecular weight excluding hydrogens is 372 g/mol. The fraction of sp³-hybridized carbons (Fsp3) is 0.560. The van der Waals surface area contributed by atoms with Gasteiger partial charge in [-0.05, 0) is 55.2 Å². The monoisotopic (exact) mass is 404 g/mol. The summed E-state index contributed by atoms with van der Waals surface area (Å²) in [4.78, 5) is 22.4. The second-order valence-electron chi connectivity index (χ2n) is 9.97. The normalized spacial score (nSPS) is 31.4. The second kappa shape index (κ2) is 7.77. The molecule has 30 heavy (non-hydrogen) atoms. The number of piperidine rings is 3. The number of pyridine rings is 1. The molecule has 3 fully saturated rings. The summed E-state index contributed by atoms with van der Waals surface area (Å²) in [6, 6.07) is 8.25. The van der Waals surface area contributed by atoms with E-state index in [1.807, 2.05) is 12.1 Å². The molecule has 0 spiro atoms. The lowest BCUT2D eigenvalue weighted by Gasteiger charge is -2.53. The quantitative estimate of drug-likeness (QED) is 0.789. The topological polar surface area (TPSA) is 60.3 Å². The van der Waals surface area contributed by atoms with E-state index in [1.54, 1.807) is 6.20 Å². The lowest BCUT2D eigenvalue weighted by Crippen LogP contribution is -2.55. The molecule has 2 bridgehead atoms. The van der Waals surface area contributed by atoms with Gasteiger partial charge in [0.15, 0.2) is 0 Å². The molecule has 1 aromatic heterocycles. The number of rotatable bonds is 4. The average molecular weight is 405 g/mol. The Balaban J connectivity index is 1.35. The van der Waals surface area contributed by atoms with Crippen LogP contribution < -0.4 is 0 Å². The van der Waals surface area contributed by atoms with Crippen molar-refractivity contribution in [2.45, 2.75) is 32.1 Å². The Kier molecular flexibility index (Phi) is 5.10. The van der Waals surface area contributed by atoms with Gasteiger partial charge in [-0.2, -0.15) is 0 Å². The van der Waals surface area contributed by atoms with E-state index in [2.05, 4.69) is 40.9 Å². The lowest BCUT2D eigenvalue weighted by molar-refractivity contribution is -0.139. The number of hydrogen-bond acceptors (Lipinski definition) is 4. The fourth-order valence-electron chi connectivity index (χ4n) is 6.36. The van der Waals surface area contributed by atoms with Gasteiger partial charge >= 0.3 is 0 Å². The summed E-state index contributed by atoms with van der Waals surface area (Å²) in [7, 11) is 2.21. The number of amides is 1. The first-order valence-electron chi connectivity index (χ1n) is 11.4. The van der Waals surface area contributed by atoms with Crippen LogP contribution in [0.25, 0.3) is 10.9 Å². The molecule has 5 heteroatoms. The van der Waals surface area contributed by atoms with Gasteiger partial charge in [0.1, 0.15) is 0 Å². The number of likely N-dealkylation sites (tertiary alicyclic amines) is 2. The first-order valence-corrected chi connectivity index (χ1v) is 11.4. The standard InChI is InChI=1S/C25H32N4O/c1-16-8-18(21-6-5-17(11-26)25-22(21)4-3-7-27-25)15-29(12-16)24(30)10-23-19-9-20(23)14-28(2)13-19/h3-7,11,16,18-20,23,26H,8-10,12-15H2,1-2H3/t16-,18+,19?,20?,23?/m1/s1. The molecule has 5 rings (SSSR count). The van der Waals surface area contributed by atoms with E-state index in [4.69, 9.17) is 5.41 Å². The van der Waals surface area contributed by atoms with Crippen LogP contribution in [-0.4, -0.2) is 60.1 Å². The average Bonchev–Trinajstić information content (AvgIpc) is 2.75. The zero-order valence-corrected chi connectivity index (χ0v) is 18.1. The maximum absolute atomic E-state index is 13.3. The summed E-state index contributed by atoms with van der Waals surface area (Å²) in [6.07, 6.45) is 6.32. The molecule has 5 nitrogen and oxygen atoms in total. The van der Waals surface area contributed by atoms with Gasteiger partial charge in [-0.3, -0.25) is 9.78 Å². The van der Waals surface area contributed by atoms with E-state index in [-0.39, 0.29) is 0 Å². The van der Waals surface area contributed by atoms with Crippen molar-refractivity contribution in [1.29, 1.82) is 5.41 Å². The third-order valence-electron chi connectivity index (χ3n) is 7.76. The summed E-state index contributed by atoms with van der Waals surface area (Å²) in [5, 5.41) is 8.82. The third-order valence-corrected chi connectivity index (χ3v) is 7.76. The van der Waals surface area contributed by atoms with Gasteiger partial charge in [0, 0.05) is 61.9 Å². The number of hydrogen-bond donors (Lipinski definition) is 1. The van der Waals surface area contributed by atoms with Crippen LogP contribution in [0.2, 0.25) is 0 Å². The molecule has 3 heterocycles. The third kappa shape index (κ3) is 3.43. The number of carbonyl (C=O) groups is 1. The molecule has 2 aliphatic heterocycles. The molecule has 2 saturated heterocycles. The lowest BCUT2D eigenvalue weighted by atomic mass is 9.60. The Labute approximate surface area is 179 Å². The summed E-state index contributed by atoms with van der Waals surface area (Å²) < 4.78 is 0. The van der Waals surface area contributed by atoms with E-state index < -0.39 is 0 Å². The van der Waals surface area contributed by atoms with Gasteiger partial charge in [0.05, 0.1) is 5.52 Å². The maximum Gasteiger partial charge on any atom is 0.222 e. The Bertz CT molecular complexity index is 961. The van der Waals surface area contributed by atoms with Gasteiger partial charge in [0.25, 0.3) is 0 Å². The minimum absolute atomic E-state index is 0.330. The molecule has 2 unspecified atom stereocenters. The van der Waals surface area contributed by atoms with E-state index in [1.165, 1.54) is 18.2 Å². The van der Waals surface area contributed by atoms with Crippen LogP contribution in [0.3, 0.4) is 0 Å². The molecule has 1 aromatic carbocycles. The molecule has 1 saturated carbocycles.